The lowest BCUT2D eigenvalue weighted by Crippen LogP contribution is -2.42. The first-order valence-corrected chi connectivity index (χ1v) is 9.99. The van der Waals surface area contributed by atoms with Gasteiger partial charge < -0.3 is 10.2 Å². The summed E-state index contributed by atoms with van der Waals surface area (Å²) >= 11 is 0. The Kier molecular flexibility index (Phi) is 5.55. The number of piperidine rings is 1. The molecule has 29 heavy (non-hydrogen) atoms. The molecular weight excluding hydrogens is 366 g/mol. The lowest BCUT2D eigenvalue weighted by molar-refractivity contribution is -0.121. The molecule has 0 aliphatic carbocycles. The van der Waals surface area contributed by atoms with Crippen LogP contribution in [-0.4, -0.2) is 40.1 Å². The zero-order valence-electron chi connectivity index (χ0n) is 16.5. The number of nitrogens with zero attached hydrogens (tertiary/aromatic N) is 4. The molecule has 0 radical (unpaired) electrons. The number of nitrogens with one attached hydrogen (secondary N) is 1. The van der Waals surface area contributed by atoms with E-state index in [1.54, 1.807) is 23.0 Å². The summed E-state index contributed by atoms with van der Waals surface area (Å²) in [5.41, 5.74) is 1.56. The fourth-order valence-electron chi connectivity index (χ4n) is 3.99. The quantitative estimate of drug-likeness (QED) is 0.721. The summed E-state index contributed by atoms with van der Waals surface area (Å²) < 4.78 is 1.54. The summed E-state index contributed by atoms with van der Waals surface area (Å²) in [4.78, 5) is 35.8. The molecule has 1 aliphatic rings. The molecule has 0 saturated carbocycles. The van der Waals surface area contributed by atoms with Crippen molar-refractivity contribution in [2.45, 2.75) is 26.3 Å². The van der Waals surface area contributed by atoms with E-state index >= 15 is 0 Å². The predicted molar refractivity (Wildman–Crippen MR) is 113 cm³/mol. The highest BCUT2D eigenvalue weighted by atomic mass is 16.2. The fraction of sp³-hybridized carbons (Fsp3) is 0.364. The Morgan fingerprint density at radius 3 is 2.83 bits per heavy atom. The van der Waals surface area contributed by atoms with Gasteiger partial charge in [0.15, 0.2) is 0 Å². The van der Waals surface area contributed by atoms with Gasteiger partial charge in [-0.15, -0.1) is 0 Å². The van der Waals surface area contributed by atoms with Crippen molar-refractivity contribution in [1.82, 2.24) is 19.9 Å². The largest absolute Gasteiger partial charge is 0.354 e. The molecule has 1 N–H and O–H groups in total. The van der Waals surface area contributed by atoms with E-state index in [4.69, 9.17) is 0 Å². The zero-order valence-corrected chi connectivity index (χ0v) is 16.5. The monoisotopic (exact) mass is 391 g/mol. The molecule has 7 nitrogen and oxygen atoms in total. The summed E-state index contributed by atoms with van der Waals surface area (Å²) in [6.45, 7) is 4.27. The molecule has 1 aliphatic heterocycles. The standard InChI is InChI=1S/C22H25N5O2/c1-16-12-21(29)27(19-8-3-2-7-18(16)19)15-20(28)25-13-17-6-4-11-26(14-17)22-23-9-5-10-24-22/h2-3,5,7-10,12,17H,4,6,11,13-15H2,1H3,(H,25,28)/t17-/m1/s1. The molecule has 150 valence electrons. The summed E-state index contributed by atoms with van der Waals surface area (Å²) in [5.74, 6) is 0.929. The number of pyridine rings is 1. The van der Waals surface area contributed by atoms with Crippen LogP contribution in [0.25, 0.3) is 10.9 Å². The fourth-order valence-corrected chi connectivity index (χ4v) is 3.99. The van der Waals surface area contributed by atoms with E-state index in [0.717, 1.165) is 48.3 Å². The van der Waals surface area contributed by atoms with Crippen molar-refractivity contribution >= 4 is 22.8 Å². The minimum absolute atomic E-state index is 0.0257. The van der Waals surface area contributed by atoms with Gasteiger partial charge in [0.1, 0.15) is 6.54 Å². The summed E-state index contributed by atoms with van der Waals surface area (Å²) in [6.07, 6.45) is 5.59. The smallest absolute Gasteiger partial charge is 0.251 e. The van der Waals surface area contributed by atoms with E-state index in [2.05, 4.69) is 20.2 Å². The molecular formula is C22H25N5O2. The van der Waals surface area contributed by atoms with Gasteiger partial charge >= 0.3 is 0 Å². The number of carbonyl (C=O) groups is 1. The number of carbonyl (C=O) groups excluding carboxylic acids is 1. The first kappa shape index (κ1) is 19.1. The first-order chi connectivity index (χ1) is 14.1. The maximum Gasteiger partial charge on any atom is 0.251 e. The normalized spacial score (nSPS) is 16.7. The Balaban J connectivity index is 1.40. The Bertz CT molecular complexity index is 1060. The van der Waals surface area contributed by atoms with Gasteiger partial charge in [0, 0.05) is 43.5 Å². The Hall–Kier alpha value is -3.22. The molecule has 0 spiro atoms. The molecule has 0 unspecified atom stereocenters. The predicted octanol–water partition coefficient (Wildman–Crippen LogP) is 2.13. The van der Waals surface area contributed by atoms with Crippen molar-refractivity contribution < 1.29 is 4.79 Å². The van der Waals surface area contributed by atoms with Gasteiger partial charge in [-0.1, -0.05) is 18.2 Å². The minimum Gasteiger partial charge on any atom is -0.354 e. The van der Waals surface area contributed by atoms with Crippen LogP contribution in [0.15, 0.2) is 53.6 Å². The zero-order chi connectivity index (χ0) is 20.2. The van der Waals surface area contributed by atoms with E-state index in [1.807, 2.05) is 37.3 Å². The number of para-hydroxylation sites is 1. The summed E-state index contributed by atoms with van der Waals surface area (Å²) in [6, 6.07) is 11.1. The third-order valence-corrected chi connectivity index (χ3v) is 5.47. The molecule has 0 bridgehead atoms. The first-order valence-electron chi connectivity index (χ1n) is 9.99. The molecule has 4 rings (SSSR count). The maximum atomic E-state index is 12.6. The van der Waals surface area contributed by atoms with Crippen molar-refractivity contribution in [1.29, 1.82) is 0 Å². The van der Waals surface area contributed by atoms with Crippen molar-refractivity contribution in [2.75, 3.05) is 24.5 Å². The second-order valence-corrected chi connectivity index (χ2v) is 7.58. The number of anilines is 1. The van der Waals surface area contributed by atoms with Gasteiger partial charge in [-0.3, -0.25) is 14.2 Å². The van der Waals surface area contributed by atoms with E-state index in [0.29, 0.717) is 12.5 Å². The number of amides is 1. The van der Waals surface area contributed by atoms with E-state index < -0.39 is 0 Å². The third kappa shape index (κ3) is 4.29. The Morgan fingerprint density at radius 2 is 2.00 bits per heavy atom. The second-order valence-electron chi connectivity index (χ2n) is 7.58. The van der Waals surface area contributed by atoms with Gasteiger partial charge in [0.2, 0.25) is 11.9 Å². The van der Waals surface area contributed by atoms with Crippen LogP contribution in [0.2, 0.25) is 0 Å². The van der Waals surface area contributed by atoms with Crippen molar-refractivity contribution in [3.05, 3.63) is 64.7 Å². The number of benzene rings is 1. The van der Waals surface area contributed by atoms with Crippen LogP contribution < -0.4 is 15.8 Å². The molecule has 7 heteroatoms. The Labute approximate surface area is 169 Å². The topological polar surface area (TPSA) is 80.1 Å². The molecule has 1 amide bonds. The van der Waals surface area contributed by atoms with Crippen LogP contribution in [0.4, 0.5) is 5.95 Å². The summed E-state index contributed by atoms with van der Waals surface area (Å²) in [5, 5.41) is 4.00. The van der Waals surface area contributed by atoms with E-state index in [1.165, 1.54) is 0 Å². The maximum absolute atomic E-state index is 12.6. The van der Waals surface area contributed by atoms with Crippen LogP contribution in [0.1, 0.15) is 18.4 Å². The van der Waals surface area contributed by atoms with E-state index in [-0.39, 0.29) is 18.0 Å². The van der Waals surface area contributed by atoms with Crippen LogP contribution in [0, 0.1) is 12.8 Å². The average molecular weight is 391 g/mol. The van der Waals surface area contributed by atoms with Gasteiger partial charge in [-0.2, -0.15) is 0 Å². The summed E-state index contributed by atoms with van der Waals surface area (Å²) in [7, 11) is 0. The highest BCUT2D eigenvalue weighted by Gasteiger charge is 2.22. The minimum atomic E-state index is -0.151. The van der Waals surface area contributed by atoms with Gasteiger partial charge in [-0.05, 0) is 43.4 Å². The third-order valence-electron chi connectivity index (χ3n) is 5.47. The number of hydrogen-bond acceptors (Lipinski definition) is 5. The lowest BCUT2D eigenvalue weighted by atomic mass is 9.98. The van der Waals surface area contributed by atoms with E-state index in [9.17, 15) is 9.59 Å². The van der Waals surface area contributed by atoms with Crippen LogP contribution in [-0.2, 0) is 11.3 Å². The number of fused-ring (bicyclic) bond motifs is 1. The van der Waals surface area contributed by atoms with Crippen molar-refractivity contribution in [3.63, 3.8) is 0 Å². The molecule has 3 aromatic rings. The average Bonchev–Trinajstić information content (AvgIpc) is 2.76. The molecule has 1 saturated heterocycles. The lowest BCUT2D eigenvalue weighted by Gasteiger charge is -2.32. The SMILES string of the molecule is Cc1cc(=O)n(CC(=O)NC[C@H]2CCCN(c3ncccn3)C2)c2ccccc12. The number of hydrogen-bond donors (Lipinski definition) is 1. The van der Waals surface area contributed by atoms with Gasteiger partial charge in [-0.25, -0.2) is 9.97 Å². The van der Waals surface area contributed by atoms with Crippen molar-refractivity contribution in [2.24, 2.45) is 5.92 Å². The number of aryl methyl sites for hydroxylation is 1. The number of aromatic nitrogens is 3. The van der Waals surface area contributed by atoms with Gasteiger partial charge in [0.05, 0.1) is 5.52 Å². The molecule has 3 heterocycles. The highest BCUT2D eigenvalue weighted by Crippen LogP contribution is 2.19. The van der Waals surface area contributed by atoms with Crippen LogP contribution in [0.5, 0.6) is 0 Å². The molecule has 2 aromatic heterocycles. The highest BCUT2D eigenvalue weighted by molar-refractivity contribution is 5.84. The number of rotatable bonds is 5. The van der Waals surface area contributed by atoms with Crippen LogP contribution in [0.3, 0.4) is 0 Å². The molecule has 1 atom stereocenters. The molecule has 1 aromatic carbocycles. The second kappa shape index (κ2) is 8.43. The van der Waals surface area contributed by atoms with Gasteiger partial charge in [0.25, 0.3) is 5.56 Å². The van der Waals surface area contributed by atoms with Crippen LogP contribution >= 0.6 is 0 Å². The van der Waals surface area contributed by atoms with Crippen molar-refractivity contribution in [3.8, 4) is 0 Å². The Morgan fingerprint density at radius 1 is 1.21 bits per heavy atom. The molecule has 1 fully saturated rings.